The summed E-state index contributed by atoms with van der Waals surface area (Å²) in [5.41, 5.74) is 2.19. The summed E-state index contributed by atoms with van der Waals surface area (Å²) in [5, 5.41) is 10.3. The van der Waals surface area contributed by atoms with Crippen LogP contribution in [-0.4, -0.2) is 42.1 Å². The fourth-order valence-corrected chi connectivity index (χ4v) is 2.53. The number of carbonyl (C=O) groups excluding carboxylic acids is 1. The Labute approximate surface area is 126 Å². The van der Waals surface area contributed by atoms with E-state index in [0.717, 1.165) is 37.6 Å². The van der Waals surface area contributed by atoms with Crippen LogP contribution in [0.3, 0.4) is 0 Å². The third-order valence-electron chi connectivity index (χ3n) is 3.77. The molecule has 0 aromatic carbocycles. The van der Waals surface area contributed by atoms with Crippen molar-refractivity contribution < 1.29 is 9.53 Å². The third-order valence-corrected chi connectivity index (χ3v) is 3.77. The van der Waals surface area contributed by atoms with Gasteiger partial charge >= 0.3 is 6.03 Å². The second-order valence-corrected chi connectivity index (χ2v) is 6.03. The molecule has 1 aliphatic rings. The number of nitrogens with zero attached hydrogens (tertiary/aromatic N) is 2. The van der Waals surface area contributed by atoms with Gasteiger partial charge in [0, 0.05) is 37.9 Å². The number of nitrogens with one attached hydrogen (secondary N) is 2. The number of hydrogen-bond acceptors (Lipinski definition) is 3. The van der Waals surface area contributed by atoms with Gasteiger partial charge in [-0.15, -0.1) is 0 Å². The Morgan fingerprint density at radius 2 is 2.33 bits per heavy atom. The lowest BCUT2D eigenvalue weighted by Crippen LogP contribution is -2.40. The molecule has 2 heterocycles. The van der Waals surface area contributed by atoms with Crippen LogP contribution in [0.15, 0.2) is 6.07 Å². The van der Waals surface area contributed by atoms with Crippen molar-refractivity contribution in [3.05, 3.63) is 17.5 Å². The number of ether oxygens (including phenoxy) is 1. The standard InChI is InChI=1S/C15H26N4O2/c1-11(9-19-13(3)6-12(2)18-19)7-16-15(20)17-8-14-4-5-21-10-14/h6,11,14H,4-5,7-10H2,1-3H3,(H2,16,17,20)/t11-,14-/m1/s1. The van der Waals surface area contributed by atoms with Gasteiger partial charge in [-0.25, -0.2) is 4.79 Å². The molecule has 1 saturated heterocycles. The molecule has 2 amide bonds. The predicted molar refractivity (Wildman–Crippen MR) is 81.2 cm³/mol. The largest absolute Gasteiger partial charge is 0.381 e. The monoisotopic (exact) mass is 294 g/mol. The first-order valence-electron chi connectivity index (χ1n) is 7.65. The van der Waals surface area contributed by atoms with Crippen molar-refractivity contribution in [2.45, 2.75) is 33.7 Å². The van der Waals surface area contributed by atoms with Crippen molar-refractivity contribution in [2.24, 2.45) is 11.8 Å². The van der Waals surface area contributed by atoms with E-state index < -0.39 is 0 Å². The lowest BCUT2D eigenvalue weighted by molar-refractivity contribution is 0.185. The van der Waals surface area contributed by atoms with Crippen LogP contribution in [-0.2, 0) is 11.3 Å². The van der Waals surface area contributed by atoms with E-state index in [-0.39, 0.29) is 6.03 Å². The zero-order valence-corrected chi connectivity index (χ0v) is 13.2. The number of carbonyl (C=O) groups is 1. The highest BCUT2D eigenvalue weighted by Crippen LogP contribution is 2.10. The quantitative estimate of drug-likeness (QED) is 0.835. The number of rotatable bonds is 6. The summed E-state index contributed by atoms with van der Waals surface area (Å²) in [4.78, 5) is 11.7. The Kier molecular flexibility index (Phi) is 5.61. The number of urea groups is 1. The Morgan fingerprint density at radius 1 is 1.52 bits per heavy atom. The van der Waals surface area contributed by atoms with Crippen molar-refractivity contribution in [1.82, 2.24) is 20.4 Å². The van der Waals surface area contributed by atoms with Gasteiger partial charge in [-0.3, -0.25) is 4.68 Å². The lowest BCUT2D eigenvalue weighted by Gasteiger charge is -2.15. The molecule has 6 nitrogen and oxygen atoms in total. The molecule has 0 unspecified atom stereocenters. The zero-order valence-electron chi connectivity index (χ0n) is 13.2. The van der Waals surface area contributed by atoms with Crippen LogP contribution in [0.25, 0.3) is 0 Å². The summed E-state index contributed by atoms with van der Waals surface area (Å²) in [6.07, 6.45) is 1.04. The van der Waals surface area contributed by atoms with E-state index in [0.29, 0.717) is 24.9 Å². The predicted octanol–water partition coefficient (Wildman–Crippen LogP) is 1.47. The summed E-state index contributed by atoms with van der Waals surface area (Å²) < 4.78 is 7.28. The van der Waals surface area contributed by atoms with E-state index in [2.05, 4.69) is 35.6 Å². The van der Waals surface area contributed by atoms with Gasteiger partial charge in [-0.1, -0.05) is 6.92 Å². The Hall–Kier alpha value is -1.56. The van der Waals surface area contributed by atoms with Crippen molar-refractivity contribution in [3.8, 4) is 0 Å². The van der Waals surface area contributed by atoms with Crippen LogP contribution in [0.2, 0.25) is 0 Å². The number of aromatic nitrogens is 2. The molecule has 1 aliphatic heterocycles. The number of aryl methyl sites for hydroxylation is 2. The number of hydrogen-bond donors (Lipinski definition) is 2. The summed E-state index contributed by atoms with van der Waals surface area (Å²) in [7, 11) is 0. The van der Waals surface area contributed by atoms with Crippen LogP contribution >= 0.6 is 0 Å². The Bertz CT molecular complexity index is 466. The molecule has 118 valence electrons. The van der Waals surface area contributed by atoms with Gasteiger partial charge in [0.2, 0.25) is 0 Å². The normalized spacial score (nSPS) is 19.5. The summed E-state index contributed by atoms with van der Waals surface area (Å²) >= 11 is 0. The molecule has 1 fully saturated rings. The van der Waals surface area contributed by atoms with Crippen LogP contribution in [0.4, 0.5) is 4.79 Å². The molecular formula is C15H26N4O2. The molecule has 21 heavy (non-hydrogen) atoms. The maximum absolute atomic E-state index is 11.7. The average molecular weight is 294 g/mol. The van der Waals surface area contributed by atoms with Gasteiger partial charge in [0.25, 0.3) is 0 Å². The van der Waals surface area contributed by atoms with Gasteiger partial charge in [0.1, 0.15) is 0 Å². The summed E-state index contributed by atoms with van der Waals surface area (Å²) in [6.45, 7) is 9.88. The second kappa shape index (κ2) is 7.45. The fourth-order valence-electron chi connectivity index (χ4n) is 2.53. The van der Waals surface area contributed by atoms with E-state index >= 15 is 0 Å². The Morgan fingerprint density at radius 3 is 2.95 bits per heavy atom. The second-order valence-electron chi connectivity index (χ2n) is 6.03. The number of amides is 2. The van der Waals surface area contributed by atoms with Crippen LogP contribution in [0.5, 0.6) is 0 Å². The van der Waals surface area contributed by atoms with Gasteiger partial charge in [0.05, 0.1) is 12.3 Å². The maximum Gasteiger partial charge on any atom is 0.314 e. The van der Waals surface area contributed by atoms with Crippen LogP contribution in [0.1, 0.15) is 24.7 Å². The minimum absolute atomic E-state index is 0.0953. The highest BCUT2D eigenvalue weighted by molar-refractivity contribution is 5.73. The van der Waals surface area contributed by atoms with E-state index in [9.17, 15) is 4.79 Å². The molecule has 0 radical (unpaired) electrons. The van der Waals surface area contributed by atoms with Crippen molar-refractivity contribution >= 4 is 6.03 Å². The minimum Gasteiger partial charge on any atom is -0.381 e. The fraction of sp³-hybridized carbons (Fsp3) is 0.733. The molecule has 0 saturated carbocycles. The van der Waals surface area contributed by atoms with Crippen LogP contribution in [0, 0.1) is 25.7 Å². The highest BCUT2D eigenvalue weighted by Gasteiger charge is 2.16. The SMILES string of the molecule is Cc1cc(C)n(C[C@H](C)CNC(=O)NC[C@H]2CCOC2)n1. The molecule has 2 atom stereocenters. The molecule has 1 aromatic heterocycles. The summed E-state index contributed by atoms with van der Waals surface area (Å²) in [6, 6.07) is 1.97. The van der Waals surface area contributed by atoms with Gasteiger partial charge < -0.3 is 15.4 Å². The molecule has 2 N–H and O–H groups in total. The third kappa shape index (κ3) is 5.04. The van der Waals surface area contributed by atoms with E-state index in [1.807, 2.05) is 11.6 Å². The van der Waals surface area contributed by atoms with Crippen molar-refractivity contribution in [2.75, 3.05) is 26.3 Å². The van der Waals surface area contributed by atoms with Crippen LogP contribution < -0.4 is 10.6 Å². The van der Waals surface area contributed by atoms with E-state index in [4.69, 9.17) is 4.74 Å². The molecule has 0 spiro atoms. The molecule has 0 bridgehead atoms. The molecular weight excluding hydrogens is 268 g/mol. The highest BCUT2D eigenvalue weighted by atomic mass is 16.5. The maximum atomic E-state index is 11.7. The average Bonchev–Trinajstić information content (AvgIpc) is 3.04. The van der Waals surface area contributed by atoms with Gasteiger partial charge in [0.15, 0.2) is 0 Å². The minimum atomic E-state index is -0.0953. The lowest BCUT2D eigenvalue weighted by atomic mass is 10.1. The van der Waals surface area contributed by atoms with Crippen molar-refractivity contribution in [3.63, 3.8) is 0 Å². The summed E-state index contributed by atoms with van der Waals surface area (Å²) in [5.74, 6) is 0.798. The first-order chi connectivity index (χ1) is 10.0. The Balaban J connectivity index is 1.64. The first kappa shape index (κ1) is 15.8. The topological polar surface area (TPSA) is 68.2 Å². The van der Waals surface area contributed by atoms with Gasteiger partial charge in [-0.2, -0.15) is 5.10 Å². The molecule has 2 rings (SSSR count). The van der Waals surface area contributed by atoms with Crippen molar-refractivity contribution in [1.29, 1.82) is 0 Å². The van der Waals surface area contributed by atoms with Gasteiger partial charge in [-0.05, 0) is 32.3 Å². The van der Waals surface area contributed by atoms with E-state index in [1.54, 1.807) is 0 Å². The molecule has 0 aliphatic carbocycles. The molecule has 6 heteroatoms. The van der Waals surface area contributed by atoms with E-state index in [1.165, 1.54) is 0 Å². The zero-order chi connectivity index (χ0) is 15.2. The smallest absolute Gasteiger partial charge is 0.314 e. The first-order valence-corrected chi connectivity index (χ1v) is 7.65. The molecule has 1 aromatic rings.